The van der Waals surface area contributed by atoms with Gasteiger partial charge in [-0.25, -0.2) is 4.79 Å². The van der Waals surface area contributed by atoms with E-state index in [0.717, 1.165) is 35.1 Å². The molecule has 3 rings (SSSR count). The Bertz CT molecular complexity index is 990. The highest BCUT2D eigenvalue weighted by molar-refractivity contribution is 8.18. The number of hydrogen-bond acceptors (Lipinski definition) is 5. The topological polar surface area (TPSA) is 68.6 Å². The summed E-state index contributed by atoms with van der Waals surface area (Å²) in [6.07, 6.45) is 2.48. The fraction of sp³-hybridized carbons (Fsp3) is 0.286. The van der Waals surface area contributed by atoms with Gasteiger partial charge in [-0.1, -0.05) is 19.1 Å². The number of amides is 2. The van der Waals surface area contributed by atoms with Gasteiger partial charge in [0.2, 0.25) is 0 Å². The lowest BCUT2D eigenvalue weighted by atomic mass is 10.1. The number of methoxy groups -OCH3 is 1. The second-order valence-electron chi connectivity index (χ2n) is 6.50. The summed E-state index contributed by atoms with van der Waals surface area (Å²) in [6.45, 7) is 6.21. The molecule has 1 aromatic carbocycles. The zero-order valence-electron chi connectivity index (χ0n) is 16.3. The average molecular weight is 398 g/mol. The lowest BCUT2D eigenvalue weighted by Gasteiger charge is -2.13. The largest absolute Gasteiger partial charge is 0.465 e. The molecule has 0 aliphatic carbocycles. The number of benzene rings is 1. The Balaban J connectivity index is 2.04. The van der Waals surface area contributed by atoms with Crippen LogP contribution in [0.2, 0.25) is 0 Å². The minimum Gasteiger partial charge on any atom is -0.465 e. The number of carbonyl (C=O) groups excluding carboxylic acids is 3. The van der Waals surface area contributed by atoms with Gasteiger partial charge in [-0.3, -0.25) is 14.5 Å². The van der Waals surface area contributed by atoms with Crippen LogP contribution in [-0.2, 0) is 9.53 Å². The van der Waals surface area contributed by atoms with Gasteiger partial charge in [-0.2, -0.15) is 0 Å². The Morgan fingerprint density at radius 3 is 2.61 bits per heavy atom. The van der Waals surface area contributed by atoms with E-state index in [-0.39, 0.29) is 11.1 Å². The molecule has 0 radical (unpaired) electrons. The first kappa shape index (κ1) is 19.9. The van der Waals surface area contributed by atoms with Crippen molar-refractivity contribution in [2.24, 2.45) is 0 Å². The predicted octanol–water partition coefficient (Wildman–Crippen LogP) is 4.33. The molecule has 0 atom stereocenters. The Labute approximate surface area is 168 Å². The number of hydrogen-bond donors (Lipinski definition) is 0. The molecule has 1 fully saturated rings. The fourth-order valence-electron chi connectivity index (χ4n) is 3.31. The molecule has 0 spiro atoms. The average Bonchev–Trinajstić information content (AvgIpc) is 3.11. The van der Waals surface area contributed by atoms with Gasteiger partial charge in [-0.15, -0.1) is 0 Å². The van der Waals surface area contributed by atoms with E-state index in [1.807, 2.05) is 43.5 Å². The van der Waals surface area contributed by atoms with Crippen LogP contribution < -0.4 is 0 Å². The third-order valence-corrected chi connectivity index (χ3v) is 5.54. The Kier molecular flexibility index (Phi) is 5.74. The highest BCUT2D eigenvalue weighted by atomic mass is 32.2. The highest BCUT2D eigenvalue weighted by Gasteiger charge is 2.34. The normalized spacial score (nSPS) is 15.6. The van der Waals surface area contributed by atoms with E-state index in [1.54, 1.807) is 18.2 Å². The zero-order valence-corrected chi connectivity index (χ0v) is 17.1. The van der Waals surface area contributed by atoms with Gasteiger partial charge in [0.25, 0.3) is 11.1 Å². The van der Waals surface area contributed by atoms with Crippen molar-refractivity contribution >= 4 is 35.0 Å². The van der Waals surface area contributed by atoms with Gasteiger partial charge in [-0.05, 0) is 61.9 Å². The molecule has 6 nitrogen and oxygen atoms in total. The first-order valence-electron chi connectivity index (χ1n) is 9.01. The molecule has 146 valence electrons. The summed E-state index contributed by atoms with van der Waals surface area (Å²) in [5.74, 6) is -0.665. The van der Waals surface area contributed by atoms with Gasteiger partial charge in [0.05, 0.1) is 23.3 Å². The number of thioether (sulfide) groups is 1. The minimum atomic E-state index is -0.412. The van der Waals surface area contributed by atoms with Crippen LogP contribution in [0, 0.1) is 13.8 Å². The third kappa shape index (κ3) is 3.49. The summed E-state index contributed by atoms with van der Waals surface area (Å²) < 4.78 is 6.85. The van der Waals surface area contributed by atoms with Crippen LogP contribution in [-0.4, -0.2) is 40.2 Å². The third-order valence-electron chi connectivity index (χ3n) is 4.63. The molecular formula is C21H22N2O4S. The molecule has 2 heterocycles. The minimum absolute atomic E-state index is 0.233. The fourth-order valence-corrected chi connectivity index (χ4v) is 4.17. The molecule has 1 aliphatic rings. The van der Waals surface area contributed by atoms with Gasteiger partial charge in [0.1, 0.15) is 0 Å². The molecule has 1 aliphatic heterocycles. The van der Waals surface area contributed by atoms with Crippen molar-refractivity contribution in [3.8, 4) is 5.69 Å². The summed E-state index contributed by atoms with van der Waals surface area (Å²) in [6, 6.07) is 9.16. The van der Waals surface area contributed by atoms with Crippen molar-refractivity contribution in [3.63, 3.8) is 0 Å². The quantitative estimate of drug-likeness (QED) is 0.554. The number of imide groups is 1. The van der Waals surface area contributed by atoms with Crippen LogP contribution in [0.1, 0.15) is 40.7 Å². The summed E-state index contributed by atoms with van der Waals surface area (Å²) >= 11 is 0.963. The SMILES string of the molecule is CCCN1C(=O)S/C(=C/c2cc(C)n(-c3ccccc3C(=O)OC)c2C)C1=O. The van der Waals surface area contributed by atoms with Crippen molar-refractivity contribution in [2.45, 2.75) is 27.2 Å². The number of esters is 1. The van der Waals surface area contributed by atoms with E-state index >= 15 is 0 Å². The molecule has 2 aromatic rings. The summed E-state index contributed by atoms with van der Waals surface area (Å²) in [5.41, 5.74) is 3.79. The van der Waals surface area contributed by atoms with Crippen molar-refractivity contribution in [1.82, 2.24) is 9.47 Å². The number of carbonyl (C=O) groups is 3. The van der Waals surface area contributed by atoms with E-state index in [1.165, 1.54) is 12.0 Å². The lowest BCUT2D eigenvalue weighted by Crippen LogP contribution is -2.28. The number of para-hydroxylation sites is 1. The van der Waals surface area contributed by atoms with E-state index in [0.29, 0.717) is 22.7 Å². The molecule has 7 heteroatoms. The van der Waals surface area contributed by atoms with Gasteiger partial charge >= 0.3 is 5.97 Å². The number of aromatic nitrogens is 1. The molecule has 1 saturated heterocycles. The molecule has 0 bridgehead atoms. The van der Waals surface area contributed by atoms with Gasteiger partial charge < -0.3 is 9.30 Å². The monoisotopic (exact) mass is 398 g/mol. The van der Waals surface area contributed by atoms with E-state index in [4.69, 9.17) is 4.74 Å². The number of rotatable bonds is 5. The maximum absolute atomic E-state index is 12.5. The Morgan fingerprint density at radius 2 is 1.93 bits per heavy atom. The number of ether oxygens (including phenoxy) is 1. The number of nitrogens with zero attached hydrogens (tertiary/aromatic N) is 2. The molecule has 0 unspecified atom stereocenters. The first-order chi connectivity index (χ1) is 13.4. The van der Waals surface area contributed by atoms with E-state index in [2.05, 4.69) is 0 Å². The highest BCUT2D eigenvalue weighted by Crippen LogP contribution is 2.34. The van der Waals surface area contributed by atoms with Crippen molar-refractivity contribution in [1.29, 1.82) is 0 Å². The Hall–Kier alpha value is -2.80. The molecule has 1 aromatic heterocycles. The number of aryl methyl sites for hydroxylation is 1. The Morgan fingerprint density at radius 1 is 1.21 bits per heavy atom. The summed E-state index contributed by atoms with van der Waals surface area (Å²) in [7, 11) is 1.35. The van der Waals surface area contributed by atoms with Crippen molar-refractivity contribution in [3.05, 3.63) is 57.8 Å². The molecule has 0 N–H and O–H groups in total. The first-order valence-corrected chi connectivity index (χ1v) is 9.82. The van der Waals surface area contributed by atoms with Crippen molar-refractivity contribution < 1.29 is 19.1 Å². The standard InChI is InChI=1S/C21H22N2O4S/c1-5-10-22-19(24)18(28-21(22)26)12-15-11-13(2)23(14(15)3)17-9-7-6-8-16(17)20(25)27-4/h6-9,11-12H,5,10H2,1-4H3/b18-12+. The van der Waals surface area contributed by atoms with Gasteiger partial charge in [0, 0.05) is 17.9 Å². The summed E-state index contributed by atoms with van der Waals surface area (Å²) in [5, 5.41) is -0.233. The maximum atomic E-state index is 12.5. The second-order valence-corrected chi connectivity index (χ2v) is 7.50. The van der Waals surface area contributed by atoms with Gasteiger partial charge in [0.15, 0.2) is 0 Å². The summed E-state index contributed by atoms with van der Waals surface area (Å²) in [4.78, 5) is 38.4. The molecule has 2 amide bonds. The van der Waals surface area contributed by atoms with Crippen LogP contribution >= 0.6 is 11.8 Å². The van der Waals surface area contributed by atoms with E-state index in [9.17, 15) is 14.4 Å². The molecular weight excluding hydrogens is 376 g/mol. The van der Waals surface area contributed by atoms with Crippen molar-refractivity contribution in [2.75, 3.05) is 13.7 Å². The van der Waals surface area contributed by atoms with Crippen LogP contribution in [0.5, 0.6) is 0 Å². The molecule has 28 heavy (non-hydrogen) atoms. The van der Waals surface area contributed by atoms with E-state index < -0.39 is 5.97 Å². The van der Waals surface area contributed by atoms with Crippen LogP contribution in [0.4, 0.5) is 4.79 Å². The zero-order chi connectivity index (χ0) is 20.4. The smallest absolute Gasteiger partial charge is 0.339 e. The lowest BCUT2D eigenvalue weighted by molar-refractivity contribution is -0.122. The predicted molar refractivity (Wildman–Crippen MR) is 110 cm³/mol. The van der Waals surface area contributed by atoms with Crippen LogP contribution in [0.15, 0.2) is 35.2 Å². The van der Waals surface area contributed by atoms with Crippen LogP contribution in [0.25, 0.3) is 11.8 Å². The second kappa shape index (κ2) is 8.06. The maximum Gasteiger partial charge on any atom is 0.339 e. The van der Waals surface area contributed by atoms with Crippen LogP contribution in [0.3, 0.4) is 0 Å². The molecule has 0 saturated carbocycles.